The fourth-order valence-electron chi connectivity index (χ4n) is 4.36. The number of fused-ring (bicyclic) bond motifs is 1. The lowest BCUT2D eigenvalue weighted by atomic mass is 10.0. The lowest BCUT2D eigenvalue weighted by molar-refractivity contribution is 0.628. The zero-order valence-electron chi connectivity index (χ0n) is 20.9. The summed E-state index contributed by atoms with van der Waals surface area (Å²) in [6.45, 7) is 12.3. The average Bonchev–Trinajstić information content (AvgIpc) is 3.52. The number of hydrogen-bond donors (Lipinski definition) is 3. The Morgan fingerprint density at radius 3 is 2.70 bits per heavy atom. The third kappa shape index (κ3) is 4.86. The molecule has 0 saturated heterocycles. The molecule has 0 radical (unpaired) electrons. The number of aromatic amines is 2. The van der Waals surface area contributed by atoms with E-state index < -0.39 is 0 Å². The Labute approximate surface area is 214 Å². The van der Waals surface area contributed by atoms with E-state index in [0.717, 1.165) is 72.9 Å². The molecule has 5 nitrogen and oxygen atoms in total. The molecular formula is C31H28FN5. The summed E-state index contributed by atoms with van der Waals surface area (Å²) in [4.78, 5) is 7.86. The number of pyridine rings is 1. The van der Waals surface area contributed by atoms with Crippen molar-refractivity contribution in [3.63, 3.8) is 0 Å². The van der Waals surface area contributed by atoms with E-state index in [4.69, 9.17) is 0 Å². The van der Waals surface area contributed by atoms with E-state index in [9.17, 15) is 4.39 Å². The summed E-state index contributed by atoms with van der Waals surface area (Å²) in [5.41, 5.74) is 7.86. The zero-order chi connectivity index (χ0) is 25.9. The summed E-state index contributed by atoms with van der Waals surface area (Å²) in [5.74, 6) is -0.260. The summed E-state index contributed by atoms with van der Waals surface area (Å²) >= 11 is 0. The number of allylic oxidation sites excluding steroid dienone is 2. The molecule has 0 amide bonds. The maximum atomic E-state index is 13.9. The van der Waals surface area contributed by atoms with Crippen molar-refractivity contribution < 1.29 is 4.39 Å². The van der Waals surface area contributed by atoms with Crippen LogP contribution in [0, 0.1) is 5.82 Å². The van der Waals surface area contributed by atoms with Crippen molar-refractivity contribution >= 4 is 34.3 Å². The molecule has 0 spiro atoms. The fourth-order valence-corrected chi connectivity index (χ4v) is 4.36. The van der Waals surface area contributed by atoms with Crippen LogP contribution < -0.4 is 15.9 Å². The lowest BCUT2D eigenvalue weighted by Crippen LogP contribution is -2.23. The second-order valence-electron chi connectivity index (χ2n) is 8.86. The Morgan fingerprint density at radius 1 is 1.08 bits per heavy atom. The Kier molecular flexibility index (Phi) is 6.56. The number of hydrogen-bond acceptors (Lipinski definition) is 3. The summed E-state index contributed by atoms with van der Waals surface area (Å²) in [6.07, 6.45) is 8.39. The minimum atomic E-state index is -0.260. The highest BCUT2D eigenvalue weighted by Crippen LogP contribution is 2.31. The van der Waals surface area contributed by atoms with E-state index in [1.165, 1.54) is 6.07 Å². The largest absolute Gasteiger partial charge is 0.358 e. The molecule has 2 aromatic carbocycles. The van der Waals surface area contributed by atoms with Crippen LogP contribution >= 0.6 is 0 Å². The van der Waals surface area contributed by atoms with Gasteiger partial charge in [0.25, 0.3) is 0 Å². The van der Waals surface area contributed by atoms with Crippen molar-refractivity contribution in [3.05, 3.63) is 108 Å². The third-order valence-corrected chi connectivity index (χ3v) is 6.35. The Morgan fingerprint density at radius 2 is 1.92 bits per heavy atom. The van der Waals surface area contributed by atoms with Gasteiger partial charge in [0.05, 0.1) is 22.9 Å². The SMILES string of the molecule is C=C(CC)Nc1cncc(C(=C)/C=c2/c(-c3cc4c(-c5cccc(F)c5)cccc4[nH]3)n[nH]/c2=C/C)c1. The van der Waals surface area contributed by atoms with Gasteiger partial charge in [0.1, 0.15) is 11.5 Å². The lowest BCUT2D eigenvalue weighted by Gasteiger charge is -2.08. The van der Waals surface area contributed by atoms with E-state index in [0.29, 0.717) is 0 Å². The van der Waals surface area contributed by atoms with Crippen LogP contribution in [0.4, 0.5) is 10.1 Å². The van der Waals surface area contributed by atoms with Crippen LogP contribution in [0.1, 0.15) is 25.8 Å². The molecule has 5 aromatic rings. The quantitative estimate of drug-likeness (QED) is 0.248. The Bertz CT molecular complexity index is 1760. The average molecular weight is 490 g/mol. The second kappa shape index (κ2) is 10.1. The van der Waals surface area contributed by atoms with Gasteiger partial charge in [-0.15, -0.1) is 0 Å². The molecule has 0 aliphatic heterocycles. The standard InChI is InChI=1S/C31H28FN5/c1-5-20(4)34-24-15-22(17-33-18-24)19(3)13-27-28(6-2)36-37-31(27)30-16-26-25(11-8-12-29(26)35-30)21-9-7-10-23(32)14-21/h6-18,34-36H,3-5H2,1-2H3/b27-13+,28-6+. The first-order valence-corrected chi connectivity index (χ1v) is 12.2. The summed E-state index contributed by atoms with van der Waals surface area (Å²) < 4.78 is 13.9. The molecule has 3 heterocycles. The number of rotatable bonds is 7. The van der Waals surface area contributed by atoms with Gasteiger partial charge < -0.3 is 10.3 Å². The van der Waals surface area contributed by atoms with Crippen molar-refractivity contribution in [2.45, 2.75) is 20.3 Å². The molecule has 3 N–H and O–H groups in total. The van der Waals surface area contributed by atoms with Crippen LogP contribution in [0.5, 0.6) is 0 Å². The van der Waals surface area contributed by atoms with Crippen LogP contribution in [-0.2, 0) is 0 Å². The van der Waals surface area contributed by atoms with Gasteiger partial charge in [-0.1, -0.05) is 50.4 Å². The summed E-state index contributed by atoms with van der Waals surface area (Å²) in [5, 5.41) is 13.8. The zero-order valence-corrected chi connectivity index (χ0v) is 20.9. The first-order valence-electron chi connectivity index (χ1n) is 12.2. The van der Waals surface area contributed by atoms with Gasteiger partial charge in [0.2, 0.25) is 0 Å². The van der Waals surface area contributed by atoms with Gasteiger partial charge in [0, 0.05) is 33.6 Å². The van der Waals surface area contributed by atoms with Gasteiger partial charge >= 0.3 is 0 Å². The van der Waals surface area contributed by atoms with Crippen LogP contribution in [0.3, 0.4) is 0 Å². The molecule has 0 fully saturated rings. The highest BCUT2D eigenvalue weighted by molar-refractivity contribution is 5.98. The maximum Gasteiger partial charge on any atom is 0.123 e. The molecule has 6 heteroatoms. The van der Waals surface area contributed by atoms with Crippen LogP contribution in [0.25, 0.3) is 51.1 Å². The molecule has 0 aliphatic carbocycles. The second-order valence-corrected chi connectivity index (χ2v) is 8.86. The highest BCUT2D eigenvalue weighted by atomic mass is 19.1. The van der Waals surface area contributed by atoms with Crippen LogP contribution in [0.15, 0.2) is 85.8 Å². The number of halogens is 1. The van der Waals surface area contributed by atoms with Crippen LogP contribution in [0.2, 0.25) is 0 Å². The number of aromatic nitrogens is 4. The number of anilines is 1. The van der Waals surface area contributed by atoms with E-state index >= 15 is 0 Å². The molecule has 3 aromatic heterocycles. The molecule has 0 saturated carbocycles. The van der Waals surface area contributed by atoms with Gasteiger partial charge in [0.15, 0.2) is 0 Å². The van der Waals surface area contributed by atoms with Gasteiger partial charge in [-0.2, -0.15) is 5.10 Å². The van der Waals surface area contributed by atoms with E-state index in [1.807, 2.05) is 56.3 Å². The first kappa shape index (κ1) is 24.0. The van der Waals surface area contributed by atoms with E-state index in [-0.39, 0.29) is 5.82 Å². The van der Waals surface area contributed by atoms with Crippen molar-refractivity contribution in [3.8, 4) is 22.5 Å². The number of nitrogens with one attached hydrogen (secondary N) is 3. The molecule has 0 atom stereocenters. The van der Waals surface area contributed by atoms with E-state index in [2.05, 4.69) is 44.7 Å². The maximum absolute atomic E-state index is 13.9. The molecule has 37 heavy (non-hydrogen) atoms. The number of benzene rings is 2. The highest BCUT2D eigenvalue weighted by Gasteiger charge is 2.13. The Hall–Kier alpha value is -4.71. The molecule has 0 aliphatic rings. The molecule has 5 rings (SSSR count). The van der Waals surface area contributed by atoms with Crippen molar-refractivity contribution in [2.24, 2.45) is 0 Å². The molecule has 184 valence electrons. The number of H-pyrrole nitrogens is 2. The van der Waals surface area contributed by atoms with Crippen LogP contribution in [-0.4, -0.2) is 20.2 Å². The van der Waals surface area contributed by atoms with Gasteiger partial charge in [-0.25, -0.2) is 4.39 Å². The monoisotopic (exact) mass is 489 g/mol. The fraction of sp³-hybridized carbons (Fsp3) is 0.0968. The first-order chi connectivity index (χ1) is 18.0. The van der Waals surface area contributed by atoms with E-state index in [1.54, 1.807) is 24.5 Å². The molecule has 0 bridgehead atoms. The third-order valence-electron chi connectivity index (χ3n) is 6.35. The van der Waals surface area contributed by atoms with Gasteiger partial charge in [-0.05, 0) is 66.5 Å². The summed E-state index contributed by atoms with van der Waals surface area (Å²) in [6, 6.07) is 16.7. The summed E-state index contributed by atoms with van der Waals surface area (Å²) in [7, 11) is 0. The minimum Gasteiger partial charge on any atom is -0.358 e. The number of nitrogens with zero attached hydrogens (tertiary/aromatic N) is 2. The molecular weight excluding hydrogens is 461 g/mol. The smallest absolute Gasteiger partial charge is 0.123 e. The minimum absolute atomic E-state index is 0.260. The molecule has 0 unspecified atom stereocenters. The van der Waals surface area contributed by atoms with Crippen molar-refractivity contribution in [1.82, 2.24) is 20.2 Å². The van der Waals surface area contributed by atoms with Gasteiger partial charge in [-0.3, -0.25) is 10.1 Å². The Balaban J connectivity index is 1.59. The predicted molar refractivity (Wildman–Crippen MR) is 151 cm³/mol. The topological polar surface area (TPSA) is 69.4 Å². The van der Waals surface area contributed by atoms with Crippen molar-refractivity contribution in [2.75, 3.05) is 5.32 Å². The van der Waals surface area contributed by atoms with Crippen molar-refractivity contribution in [1.29, 1.82) is 0 Å². The normalized spacial score (nSPS) is 12.3. The predicted octanol–water partition coefficient (Wildman–Crippen LogP) is 6.39.